The SMILES string of the molecule is C[C@@H](N[C@H]1CCc2c(F)cc(Br)cc21)c1ccncc1. The lowest BCUT2D eigenvalue weighted by atomic mass is 10.0. The van der Waals surface area contributed by atoms with Crippen molar-refractivity contribution in [2.75, 3.05) is 0 Å². The van der Waals surface area contributed by atoms with Crippen molar-refractivity contribution < 1.29 is 4.39 Å². The Bertz CT molecular complexity index is 615. The molecule has 20 heavy (non-hydrogen) atoms. The summed E-state index contributed by atoms with van der Waals surface area (Å²) >= 11 is 3.38. The van der Waals surface area contributed by atoms with E-state index in [-0.39, 0.29) is 17.9 Å². The molecule has 0 saturated heterocycles. The highest BCUT2D eigenvalue weighted by Crippen LogP contribution is 2.36. The molecule has 2 aromatic rings. The highest BCUT2D eigenvalue weighted by Gasteiger charge is 2.26. The molecule has 1 aromatic carbocycles. The summed E-state index contributed by atoms with van der Waals surface area (Å²) in [5.74, 6) is -0.102. The van der Waals surface area contributed by atoms with Crippen LogP contribution >= 0.6 is 15.9 Å². The molecule has 1 heterocycles. The largest absolute Gasteiger partial charge is 0.303 e. The molecule has 2 nitrogen and oxygen atoms in total. The highest BCUT2D eigenvalue weighted by molar-refractivity contribution is 9.10. The van der Waals surface area contributed by atoms with Gasteiger partial charge >= 0.3 is 0 Å². The van der Waals surface area contributed by atoms with E-state index in [4.69, 9.17) is 0 Å². The number of rotatable bonds is 3. The Morgan fingerprint density at radius 3 is 2.85 bits per heavy atom. The highest BCUT2D eigenvalue weighted by atomic mass is 79.9. The van der Waals surface area contributed by atoms with Gasteiger partial charge in [-0.3, -0.25) is 4.98 Å². The fraction of sp³-hybridized carbons (Fsp3) is 0.312. The summed E-state index contributed by atoms with van der Waals surface area (Å²) in [6.45, 7) is 2.13. The number of fused-ring (bicyclic) bond motifs is 1. The van der Waals surface area contributed by atoms with Gasteiger partial charge in [-0.25, -0.2) is 4.39 Å². The molecule has 2 atom stereocenters. The molecule has 4 heteroatoms. The molecule has 104 valence electrons. The monoisotopic (exact) mass is 334 g/mol. The van der Waals surface area contributed by atoms with E-state index in [1.54, 1.807) is 18.5 Å². The molecule has 0 saturated carbocycles. The molecular weight excluding hydrogens is 319 g/mol. The Morgan fingerprint density at radius 2 is 2.10 bits per heavy atom. The first-order chi connectivity index (χ1) is 9.65. The first kappa shape index (κ1) is 13.7. The van der Waals surface area contributed by atoms with Gasteiger partial charge in [0.2, 0.25) is 0 Å². The van der Waals surface area contributed by atoms with Crippen molar-refractivity contribution in [3.8, 4) is 0 Å². The van der Waals surface area contributed by atoms with Crippen LogP contribution < -0.4 is 5.32 Å². The quantitative estimate of drug-likeness (QED) is 0.904. The van der Waals surface area contributed by atoms with Crippen LogP contribution in [0.5, 0.6) is 0 Å². The van der Waals surface area contributed by atoms with Gasteiger partial charge in [0.25, 0.3) is 0 Å². The lowest BCUT2D eigenvalue weighted by molar-refractivity contribution is 0.464. The van der Waals surface area contributed by atoms with Crippen LogP contribution in [-0.2, 0) is 6.42 Å². The van der Waals surface area contributed by atoms with Gasteiger partial charge in [0.1, 0.15) is 5.82 Å². The van der Waals surface area contributed by atoms with E-state index in [2.05, 4.69) is 33.2 Å². The summed E-state index contributed by atoms with van der Waals surface area (Å²) in [5.41, 5.74) is 3.13. The third-order valence-corrected chi connectivity index (χ3v) is 4.37. The van der Waals surface area contributed by atoms with Gasteiger partial charge in [-0.2, -0.15) is 0 Å². The normalized spacial score (nSPS) is 18.9. The van der Waals surface area contributed by atoms with Crippen LogP contribution in [0.3, 0.4) is 0 Å². The maximum atomic E-state index is 13.9. The van der Waals surface area contributed by atoms with E-state index in [0.717, 1.165) is 28.4 Å². The Kier molecular flexibility index (Phi) is 3.85. The summed E-state index contributed by atoms with van der Waals surface area (Å²) in [7, 11) is 0. The van der Waals surface area contributed by atoms with E-state index in [0.29, 0.717) is 0 Å². The maximum Gasteiger partial charge on any atom is 0.127 e. The fourth-order valence-corrected chi connectivity index (χ4v) is 3.31. The van der Waals surface area contributed by atoms with E-state index in [9.17, 15) is 4.39 Å². The Morgan fingerprint density at radius 1 is 1.35 bits per heavy atom. The number of benzene rings is 1. The number of pyridine rings is 1. The third kappa shape index (κ3) is 2.63. The fourth-order valence-electron chi connectivity index (χ4n) is 2.87. The zero-order valence-corrected chi connectivity index (χ0v) is 12.8. The summed E-state index contributed by atoms with van der Waals surface area (Å²) in [6.07, 6.45) is 5.34. The average molecular weight is 335 g/mol. The van der Waals surface area contributed by atoms with Crippen molar-refractivity contribution in [2.24, 2.45) is 0 Å². The molecule has 0 radical (unpaired) electrons. The van der Waals surface area contributed by atoms with Crippen molar-refractivity contribution >= 4 is 15.9 Å². The van der Waals surface area contributed by atoms with E-state index in [1.807, 2.05) is 18.2 Å². The van der Waals surface area contributed by atoms with Gasteiger partial charge in [0.15, 0.2) is 0 Å². The van der Waals surface area contributed by atoms with Crippen LogP contribution in [0.1, 0.15) is 42.1 Å². The second-order valence-electron chi connectivity index (χ2n) is 5.22. The first-order valence-corrected chi connectivity index (χ1v) is 7.58. The van der Waals surface area contributed by atoms with Crippen LogP contribution in [-0.4, -0.2) is 4.98 Å². The van der Waals surface area contributed by atoms with Crippen molar-refractivity contribution in [3.05, 3.63) is 63.6 Å². The van der Waals surface area contributed by atoms with Crippen molar-refractivity contribution in [1.29, 1.82) is 0 Å². The number of aromatic nitrogens is 1. The number of nitrogens with zero attached hydrogens (tertiary/aromatic N) is 1. The molecule has 0 aliphatic heterocycles. The summed E-state index contributed by atoms with van der Waals surface area (Å²) in [5, 5.41) is 3.59. The van der Waals surface area contributed by atoms with Crippen LogP contribution in [0.25, 0.3) is 0 Å². The zero-order chi connectivity index (χ0) is 14.1. The lowest BCUT2D eigenvalue weighted by Gasteiger charge is -2.21. The van der Waals surface area contributed by atoms with Crippen LogP contribution in [0, 0.1) is 5.82 Å². The summed E-state index contributed by atoms with van der Waals surface area (Å²) in [6, 6.07) is 8.02. The van der Waals surface area contributed by atoms with Gasteiger partial charge in [-0.15, -0.1) is 0 Å². The van der Waals surface area contributed by atoms with Crippen LogP contribution in [0.4, 0.5) is 4.39 Å². The minimum Gasteiger partial charge on any atom is -0.303 e. The van der Waals surface area contributed by atoms with Crippen LogP contribution in [0.2, 0.25) is 0 Å². The van der Waals surface area contributed by atoms with Gasteiger partial charge in [-0.1, -0.05) is 15.9 Å². The van der Waals surface area contributed by atoms with E-state index in [1.165, 1.54) is 5.56 Å². The minimum absolute atomic E-state index is 0.102. The standard InChI is InChI=1S/C16H16BrFN2/c1-10(11-4-6-19-7-5-11)20-16-3-2-13-14(16)8-12(17)9-15(13)18/h4-10,16,20H,2-3H2,1H3/t10-,16+/m1/s1. The molecule has 1 N–H and O–H groups in total. The van der Waals surface area contributed by atoms with Gasteiger partial charge in [0, 0.05) is 29.0 Å². The number of hydrogen-bond donors (Lipinski definition) is 1. The number of halogens is 2. The molecule has 0 fully saturated rings. The summed E-state index contributed by atoms with van der Waals surface area (Å²) in [4.78, 5) is 4.04. The van der Waals surface area contributed by atoms with E-state index < -0.39 is 0 Å². The topological polar surface area (TPSA) is 24.9 Å². The Hall–Kier alpha value is -1.26. The molecule has 1 aromatic heterocycles. The molecule has 0 bridgehead atoms. The van der Waals surface area contributed by atoms with Crippen molar-refractivity contribution in [2.45, 2.75) is 31.8 Å². The molecule has 0 spiro atoms. The lowest BCUT2D eigenvalue weighted by Crippen LogP contribution is -2.23. The van der Waals surface area contributed by atoms with Gasteiger partial charge in [-0.05, 0) is 60.7 Å². The number of nitrogens with one attached hydrogen (secondary N) is 1. The summed E-state index contributed by atoms with van der Waals surface area (Å²) < 4.78 is 14.7. The first-order valence-electron chi connectivity index (χ1n) is 6.79. The van der Waals surface area contributed by atoms with Crippen molar-refractivity contribution in [3.63, 3.8) is 0 Å². The second-order valence-corrected chi connectivity index (χ2v) is 6.13. The molecule has 1 aliphatic carbocycles. The third-order valence-electron chi connectivity index (χ3n) is 3.91. The molecule has 1 aliphatic rings. The predicted octanol–water partition coefficient (Wildman–Crippen LogP) is 4.32. The molecule has 0 amide bonds. The second kappa shape index (κ2) is 5.62. The maximum absolute atomic E-state index is 13.9. The zero-order valence-electron chi connectivity index (χ0n) is 11.2. The Balaban J connectivity index is 1.82. The predicted molar refractivity (Wildman–Crippen MR) is 80.9 cm³/mol. The molecule has 0 unspecified atom stereocenters. The van der Waals surface area contributed by atoms with Crippen molar-refractivity contribution in [1.82, 2.24) is 10.3 Å². The van der Waals surface area contributed by atoms with Crippen LogP contribution in [0.15, 0.2) is 41.1 Å². The molecular formula is C16H16BrFN2. The Labute approximate surface area is 126 Å². The smallest absolute Gasteiger partial charge is 0.127 e. The van der Waals surface area contributed by atoms with Gasteiger partial charge in [0.05, 0.1) is 0 Å². The minimum atomic E-state index is -0.102. The van der Waals surface area contributed by atoms with E-state index >= 15 is 0 Å². The van der Waals surface area contributed by atoms with Gasteiger partial charge < -0.3 is 5.32 Å². The average Bonchev–Trinajstić information content (AvgIpc) is 2.83. The molecule has 3 rings (SSSR count). The number of hydrogen-bond acceptors (Lipinski definition) is 2.